The summed E-state index contributed by atoms with van der Waals surface area (Å²) in [4.78, 5) is 12.3. The molecular weight excluding hydrogens is 398 g/mol. The zero-order valence-electron chi connectivity index (χ0n) is 16.1. The van der Waals surface area contributed by atoms with Crippen molar-refractivity contribution in [3.8, 4) is 11.8 Å². The molecule has 1 amide bonds. The predicted molar refractivity (Wildman–Crippen MR) is 102 cm³/mol. The normalized spacial score (nSPS) is 19.4. The van der Waals surface area contributed by atoms with Gasteiger partial charge in [-0.3, -0.25) is 10.0 Å². The number of benzene rings is 1. The fraction of sp³-hybridized carbons (Fsp3) is 0.579. The molecule has 0 atom stereocenters. The van der Waals surface area contributed by atoms with Crippen LogP contribution in [0, 0.1) is 17.2 Å². The van der Waals surface area contributed by atoms with Gasteiger partial charge < -0.3 is 9.47 Å². The molecule has 29 heavy (non-hydrogen) atoms. The predicted octanol–water partition coefficient (Wildman–Crippen LogP) is 1.33. The third-order valence-corrected chi connectivity index (χ3v) is 6.91. The molecule has 0 bridgehead atoms. The van der Waals surface area contributed by atoms with E-state index in [2.05, 4.69) is 0 Å². The van der Waals surface area contributed by atoms with Gasteiger partial charge in [-0.15, -0.1) is 0 Å². The summed E-state index contributed by atoms with van der Waals surface area (Å²) in [6, 6.07) is 8.81. The van der Waals surface area contributed by atoms with E-state index in [1.54, 1.807) is 24.3 Å². The second kappa shape index (κ2) is 9.54. The van der Waals surface area contributed by atoms with Crippen LogP contribution in [0.15, 0.2) is 24.3 Å². The maximum Gasteiger partial charge on any atom is 0.250 e. The van der Waals surface area contributed by atoms with Gasteiger partial charge in [-0.2, -0.15) is 5.26 Å². The fourth-order valence-electron chi connectivity index (χ4n) is 3.48. The number of hydroxylamine groups is 2. The smallest absolute Gasteiger partial charge is 0.250 e. The lowest BCUT2D eigenvalue weighted by atomic mass is 10.00. The van der Waals surface area contributed by atoms with Gasteiger partial charge in [0.1, 0.15) is 11.9 Å². The molecule has 0 aromatic heterocycles. The molecule has 2 fully saturated rings. The number of carbonyl (C=O) groups excluding carboxylic acids is 1. The molecule has 0 spiro atoms. The Morgan fingerprint density at radius 2 is 1.83 bits per heavy atom. The highest BCUT2D eigenvalue weighted by Gasteiger charge is 2.33. The van der Waals surface area contributed by atoms with Gasteiger partial charge in [0.05, 0.1) is 11.6 Å². The Labute approximate surface area is 170 Å². The minimum absolute atomic E-state index is 0.136. The fourth-order valence-corrected chi connectivity index (χ4v) is 4.85. The Morgan fingerprint density at radius 3 is 2.41 bits per heavy atom. The van der Waals surface area contributed by atoms with Crippen LogP contribution in [0.3, 0.4) is 0 Å². The summed E-state index contributed by atoms with van der Waals surface area (Å²) in [7, 11) is -3.81. The van der Waals surface area contributed by atoms with E-state index < -0.39 is 27.7 Å². The number of hydrogen-bond acceptors (Lipinski definition) is 7. The average molecular weight is 423 g/mol. The Kier molecular flexibility index (Phi) is 7.08. The van der Waals surface area contributed by atoms with E-state index >= 15 is 0 Å². The summed E-state index contributed by atoms with van der Waals surface area (Å²) in [6.45, 7) is 1.37. The second-order valence-corrected chi connectivity index (χ2v) is 9.16. The average Bonchev–Trinajstić information content (AvgIpc) is 2.74. The first kappa shape index (κ1) is 21.5. The molecule has 2 aliphatic rings. The Bertz CT molecular complexity index is 838. The second-order valence-electron chi connectivity index (χ2n) is 7.22. The molecular formula is C19H25N3O6S. The van der Waals surface area contributed by atoms with E-state index in [1.165, 1.54) is 4.31 Å². The quantitative estimate of drug-likeness (QED) is 0.541. The minimum Gasteiger partial charge on any atom is -0.490 e. The molecule has 158 valence electrons. The topological polar surface area (TPSA) is 120 Å². The Balaban J connectivity index is 1.49. The van der Waals surface area contributed by atoms with Gasteiger partial charge in [-0.25, -0.2) is 17.8 Å². The summed E-state index contributed by atoms with van der Waals surface area (Å²) in [5, 5.41) is 19.2. The monoisotopic (exact) mass is 423 g/mol. The number of piperidine rings is 1. The highest BCUT2D eigenvalue weighted by atomic mass is 32.2. The van der Waals surface area contributed by atoms with Crippen LogP contribution >= 0.6 is 0 Å². The minimum atomic E-state index is -3.81. The van der Waals surface area contributed by atoms with Gasteiger partial charge in [0.2, 0.25) is 15.9 Å². The zero-order chi connectivity index (χ0) is 20.9. The van der Waals surface area contributed by atoms with E-state index in [0.717, 1.165) is 0 Å². The van der Waals surface area contributed by atoms with Crippen LogP contribution in [0.2, 0.25) is 0 Å². The van der Waals surface area contributed by atoms with Crippen LogP contribution in [0.4, 0.5) is 0 Å². The van der Waals surface area contributed by atoms with Gasteiger partial charge in [-0.05, 0) is 49.9 Å². The van der Waals surface area contributed by atoms with Crippen LogP contribution in [-0.2, 0) is 19.6 Å². The highest BCUT2D eigenvalue weighted by Crippen LogP contribution is 2.22. The molecule has 2 saturated heterocycles. The molecule has 1 aromatic rings. The largest absolute Gasteiger partial charge is 0.490 e. The van der Waals surface area contributed by atoms with Crippen LogP contribution in [0.5, 0.6) is 5.75 Å². The summed E-state index contributed by atoms with van der Waals surface area (Å²) in [5.41, 5.74) is 0.544. The number of hydrogen-bond donors (Lipinski definition) is 1. The maximum absolute atomic E-state index is 12.6. The number of rotatable bonds is 6. The first-order chi connectivity index (χ1) is 13.9. The lowest BCUT2D eigenvalue weighted by Crippen LogP contribution is -2.47. The van der Waals surface area contributed by atoms with E-state index in [0.29, 0.717) is 55.3 Å². The van der Waals surface area contributed by atoms with Gasteiger partial charge >= 0.3 is 0 Å². The first-order valence-electron chi connectivity index (χ1n) is 9.61. The molecule has 2 aliphatic heterocycles. The Hall–Kier alpha value is -2.19. The number of ether oxygens (including phenoxy) is 2. The van der Waals surface area contributed by atoms with Gasteiger partial charge in [0.15, 0.2) is 5.88 Å². The third kappa shape index (κ3) is 5.67. The van der Waals surface area contributed by atoms with Crippen molar-refractivity contribution in [2.24, 2.45) is 5.92 Å². The van der Waals surface area contributed by atoms with Crippen molar-refractivity contribution in [2.45, 2.75) is 31.8 Å². The van der Waals surface area contributed by atoms with Crippen molar-refractivity contribution >= 4 is 15.9 Å². The molecule has 9 nitrogen and oxygen atoms in total. The number of nitrogens with zero attached hydrogens (tertiary/aromatic N) is 3. The molecule has 0 unspecified atom stereocenters. The number of amides is 1. The number of carbonyl (C=O) groups is 1. The van der Waals surface area contributed by atoms with E-state index in [4.69, 9.17) is 14.7 Å². The van der Waals surface area contributed by atoms with Crippen molar-refractivity contribution in [2.75, 3.05) is 32.2 Å². The molecule has 3 rings (SSSR count). The van der Waals surface area contributed by atoms with E-state index in [-0.39, 0.29) is 19.2 Å². The summed E-state index contributed by atoms with van der Waals surface area (Å²) in [6.07, 6.45) is 1.82. The van der Waals surface area contributed by atoms with Crippen LogP contribution in [0.1, 0.15) is 31.2 Å². The zero-order valence-corrected chi connectivity index (χ0v) is 16.9. The van der Waals surface area contributed by atoms with Crippen molar-refractivity contribution in [3.63, 3.8) is 0 Å². The van der Waals surface area contributed by atoms with Crippen molar-refractivity contribution in [3.05, 3.63) is 29.8 Å². The van der Waals surface area contributed by atoms with Gasteiger partial charge in [0, 0.05) is 32.2 Å². The summed E-state index contributed by atoms with van der Waals surface area (Å²) < 4.78 is 37.5. The number of sulfonamides is 1. The van der Waals surface area contributed by atoms with Crippen LogP contribution in [0.25, 0.3) is 0 Å². The molecule has 0 radical (unpaired) electrons. The molecule has 0 saturated carbocycles. The summed E-state index contributed by atoms with van der Waals surface area (Å²) in [5.74, 6) is -1.09. The summed E-state index contributed by atoms with van der Waals surface area (Å²) >= 11 is 0. The standard InChI is InChI=1S/C19H25N3O6S/c20-13-15-1-3-17(4-2-15)28-18-5-9-21(10-6-18)29(25,26)14-22(24)19(23)16-7-11-27-12-8-16/h1-4,16,18,24H,5-12,14H2. The third-order valence-electron chi connectivity index (χ3n) is 5.19. The Morgan fingerprint density at radius 1 is 1.21 bits per heavy atom. The van der Waals surface area contributed by atoms with Gasteiger partial charge in [-0.1, -0.05) is 0 Å². The van der Waals surface area contributed by atoms with Crippen LogP contribution < -0.4 is 4.74 Å². The van der Waals surface area contributed by atoms with Gasteiger partial charge in [0.25, 0.3) is 0 Å². The highest BCUT2D eigenvalue weighted by molar-refractivity contribution is 7.89. The molecule has 10 heteroatoms. The first-order valence-corrected chi connectivity index (χ1v) is 11.2. The lowest BCUT2D eigenvalue weighted by molar-refractivity contribution is -0.169. The maximum atomic E-state index is 12.6. The number of nitriles is 1. The van der Waals surface area contributed by atoms with E-state index in [1.807, 2.05) is 6.07 Å². The van der Waals surface area contributed by atoms with Crippen molar-refractivity contribution in [1.29, 1.82) is 5.26 Å². The lowest BCUT2D eigenvalue weighted by Gasteiger charge is -2.32. The van der Waals surface area contributed by atoms with Crippen LogP contribution in [-0.4, -0.2) is 67.2 Å². The van der Waals surface area contributed by atoms with Crippen molar-refractivity contribution in [1.82, 2.24) is 9.37 Å². The van der Waals surface area contributed by atoms with E-state index in [9.17, 15) is 18.4 Å². The van der Waals surface area contributed by atoms with Crippen molar-refractivity contribution < 1.29 is 27.9 Å². The molecule has 2 heterocycles. The molecule has 1 N–H and O–H groups in total. The molecule has 1 aromatic carbocycles. The molecule has 0 aliphatic carbocycles. The SMILES string of the molecule is N#Cc1ccc(OC2CCN(S(=O)(=O)CN(O)C(=O)C3CCOCC3)CC2)cc1.